The SMILES string of the molecule is CC(C)c1cccc2sc(N(Cc3ccccn3)C(=O)c3ccccc3Cl)nc12. The number of hydrogen-bond acceptors (Lipinski definition) is 4. The smallest absolute Gasteiger partial charge is 0.261 e. The summed E-state index contributed by atoms with van der Waals surface area (Å²) in [4.78, 5) is 24.4. The maximum absolute atomic E-state index is 13.4. The summed E-state index contributed by atoms with van der Waals surface area (Å²) in [5, 5.41) is 1.07. The molecule has 6 heteroatoms. The van der Waals surface area contributed by atoms with Crippen molar-refractivity contribution in [2.45, 2.75) is 26.3 Å². The lowest BCUT2D eigenvalue weighted by Gasteiger charge is -2.20. The molecule has 2 aromatic carbocycles. The van der Waals surface area contributed by atoms with Gasteiger partial charge in [-0.15, -0.1) is 0 Å². The molecule has 4 rings (SSSR count). The number of aromatic nitrogens is 2. The van der Waals surface area contributed by atoms with Crippen molar-refractivity contribution in [2.24, 2.45) is 0 Å². The van der Waals surface area contributed by atoms with Crippen molar-refractivity contribution < 1.29 is 4.79 Å². The predicted octanol–water partition coefficient (Wildman–Crippen LogP) is 6.32. The van der Waals surface area contributed by atoms with Crippen LogP contribution in [0.15, 0.2) is 66.9 Å². The number of para-hydroxylation sites is 1. The number of pyridine rings is 1. The Morgan fingerprint density at radius 3 is 2.59 bits per heavy atom. The van der Waals surface area contributed by atoms with E-state index in [1.807, 2.05) is 42.5 Å². The number of halogens is 1. The molecular formula is C23H20ClN3OS. The fourth-order valence-electron chi connectivity index (χ4n) is 3.20. The van der Waals surface area contributed by atoms with Gasteiger partial charge in [0.15, 0.2) is 5.13 Å². The van der Waals surface area contributed by atoms with Crippen molar-refractivity contribution in [3.05, 3.63) is 88.7 Å². The van der Waals surface area contributed by atoms with Crippen LogP contribution in [0.2, 0.25) is 5.02 Å². The van der Waals surface area contributed by atoms with Gasteiger partial charge in [-0.25, -0.2) is 4.98 Å². The van der Waals surface area contributed by atoms with Gasteiger partial charge in [0.2, 0.25) is 0 Å². The average molecular weight is 422 g/mol. The summed E-state index contributed by atoms with van der Waals surface area (Å²) in [6, 6.07) is 18.9. The molecule has 0 fully saturated rings. The van der Waals surface area contributed by atoms with E-state index in [1.54, 1.807) is 23.2 Å². The lowest BCUT2D eigenvalue weighted by atomic mass is 10.0. The molecule has 1 amide bonds. The highest BCUT2D eigenvalue weighted by molar-refractivity contribution is 7.22. The molecular weight excluding hydrogens is 402 g/mol. The first-order chi connectivity index (χ1) is 14.0. The zero-order valence-corrected chi connectivity index (χ0v) is 17.7. The highest BCUT2D eigenvalue weighted by Crippen LogP contribution is 2.35. The largest absolute Gasteiger partial charge is 0.278 e. The molecule has 2 aromatic heterocycles. The van der Waals surface area contributed by atoms with Crippen LogP contribution in [0.5, 0.6) is 0 Å². The van der Waals surface area contributed by atoms with Crippen LogP contribution in [0.25, 0.3) is 10.2 Å². The van der Waals surface area contributed by atoms with E-state index >= 15 is 0 Å². The maximum atomic E-state index is 13.4. The Labute approximate surface area is 178 Å². The molecule has 0 aliphatic rings. The first-order valence-corrected chi connectivity index (χ1v) is 10.6. The van der Waals surface area contributed by atoms with Crippen molar-refractivity contribution in [1.82, 2.24) is 9.97 Å². The van der Waals surface area contributed by atoms with Gasteiger partial charge in [-0.3, -0.25) is 14.7 Å². The highest BCUT2D eigenvalue weighted by atomic mass is 35.5. The summed E-state index contributed by atoms with van der Waals surface area (Å²) in [6.07, 6.45) is 1.72. The van der Waals surface area contributed by atoms with Gasteiger partial charge in [-0.1, -0.05) is 67.1 Å². The van der Waals surface area contributed by atoms with Gasteiger partial charge in [-0.2, -0.15) is 0 Å². The van der Waals surface area contributed by atoms with Crippen LogP contribution in [-0.4, -0.2) is 15.9 Å². The number of rotatable bonds is 5. The molecule has 0 radical (unpaired) electrons. The lowest BCUT2D eigenvalue weighted by molar-refractivity contribution is 0.0985. The average Bonchev–Trinajstić information content (AvgIpc) is 3.16. The second kappa shape index (κ2) is 8.31. The van der Waals surface area contributed by atoms with Gasteiger partial charge in [0, 0.05) is 6.20 Å². The molecule has 4 nitrogen and oxygen atoms in total. The van der Waals surface area contributed by atoms with Crippen LogP contribution < -0.4 is 4.90 Å². The zero-order valence-electron chi connectivity index (χ0n) is 16.2. The quantitative estimate of drug-likeness (QED) is 0.379. The van der Waals surface area contributed by atoms with E-state index < -0.39 is 0 Å². The third-order valence-electron chi connectivity index (χ3n) is 4.69. The van der Waals surface area contributed by atoms with Crippen LogP contribution >= 0.6 is 22.9 Å². The Morgan fingerprint density at radius 1 is 1.07 bits per heavy atom. The summed E-state index contributed by atoms with van der Waals surface area (Å²) in [6.45, 7) is 4.62. The summed E-state index contributed by atoms with van der Waals surface area (Å²) >= 11 is 7.83. The minimum absolute atomic E-state index is 0.189. The van der Waals surface area contributed by atoms with Crippen molar-refractivity contribution in [3.63, 3.8) is 0 Å². The van der Waals surface area contributed by atoms with Gasteiger partial charge in [0.1, 0.15) is 0 Å². The molecule has 0 atom stereocenters. The number of carbonyl (C=O) groups excluding carboxylic acids is 1. The molecule has 0 bridgehead atoms. The standard InChI is InChI=1S/C23H20ClN3OS/c1-15(2)17-10-7-12-20-21(17)26-23(29-20)27(14-16-8-5-6-13-25-16)22(28)18-9-3-4-11-19(18)24/h3-13,15H,14H2,1-2H3. The third kappa shape index (κ3) is 4.02. The van der Waals surface area contributed by atoms with Gasteiger partial charge >= 0.3 is 0 Å². The number of thiazole rings is 1. The van der Waals surface area contributed by atoms with Gasteiger partial charge in [0.05, 0.1) is 33.0 Å². The second-order valence-corrected chi connectivity index (χ2v) is 8.45. The number of amides is 1. The Balaban J connectivity index is 1.82. The van der Waals surface area contributed by atoms with E-state index in [0.29, 0.717) is 28.2 Å². The van der Waals surface area contributed by atoms with Gasteiger partial charge < -0.3 is 0 Å². The molecule has 0 saturated carbocycles. The third-order valence-corrected chi connectivity index (χ3v) is 6.06. The van der Waals surface area contributed by atoms with Crippen LogP contribution in [0.3, 0.4) is 0 Å². The lowest BCUT2D eigenvalue weighted by Crippen LogP contribution is -2.31. The Morgan fingerprint density at radius 2 is 1.86 bits per heavy atom. The first-order valence-electron chi connectivity index (χ1n) is 9.40. The molecule has 29 heavy (non-hydrogen) atoms. The fourth-order valence-corrected chi connectivity index (χ4v) is 4.41. The predicted molar refractivity (Wildman–Crippen MR) is 120 cm³/mol. The van der Waals surface area contributed by atoms with E-state index in [-0.39, 0.29) is 5.91 Å². The monoisotopic (exact) mass is 421 g/mol. The van der Waals surface area contributed by atoms with Crippen LogP contribution in [0.1, 0.15) is 41.4 Å². The minimum atomic E-state index is -0.189. The van der Waals surface area contributed by atoms with Crippen molar-refractivity contribution in [3.8, 4) is 0 Å². The minimum Gasteiger partial charge on any atom is -0.278 e. The molecule has 0 spiro atoms. The summed E-state index contributed by atoms with van der Waals surface area (Å²) in [7, 11) is 0. The number of anilines is 1. The normalized spacial score (nSPS) is 11.2. The topological polar surface area (TPSA) is 46.1 Å². The number of benzene rings is 2. The van der Waals surface area contributed by atoms with E-state index in [0.717, 1.165) is 15.9 Å². The second-order valence-electron chi connectivity index (χ2n) is 7.04. The van der Waals surface area contributed by atoms with E-state index in [9.17, 15) is 4.79 Å². The van der Waals surface area contributed by atoms with Crippen molar-refractivity contribution >= 4 is 44.2 Å². The first kappa shape index (κ1) is 19.6. The zero-order chi connectivity index (χ0) is 20.4. The van der Waals surface area contributed by atoms with E-state index in [1.165, 1.54) is 16.9 Å². The summed E-state index contributed by atoms with van der Waals surface area (Å²) in [5.41, 5.74) is 3.36. The van der Waals surface area contributed by atoms with Crippen LogP contribution in [-0.2, 0) is 6.54 Å². The Hall–Kier alpha value is -2.76. The maximum Gasteiger partial charge on any atom is 0.261 e. The number of carbonyl (C=O) groups is 1. The van der Waals surface area contributed by atoms with Crippen molar-refractivity contribution in [2.75, 3.05) is 4.90 Å². The molecule has 0 aliphatic carbocycles. The number of hydrogen-bond donors (Lipinski definition) is 0. The number of nitrogens with zero attached hydrogens (tertiary/aromatic N) is 3. The highest BCUT2D eigenvalue weighted by Gasteiger charge is 2.24. The van der Waals surface area contributed by atoms with Crippen LogP contribution in [0, 0.1) is 0 Å². The van der Waals surface area contributed by atoms with Gasteiger partial charge in [-0.05, 0) is 41.8 Å². The Bertz CT molecular complexity index is 1160. The van der Waals surface area contributed by atoms with Gasteiger partial charge in [0.25, 0.3) is 5.91 Å². The summed E-state index contributed by atoms with van der Waals surface area (Å²) in [5.74, 6) is 0.156. The molecule has 146 valence electrons. The molecule has 0 saturated heterocycles. The molecule has 0 unspecified atom stereocenters. The van der Waals surface area contributed by atoms with E-state index in [4.69, 9.17) is 16.6 Å². The fraction of sp³-hybridized carbons (Fsp3) is 0.174. The summed E-state index contributed by atoms with van der Waals surface area (Å²) < 4.78 is 1.06. The molecule has 0 aliphatic heterocycles. The molecule has 4 aromatic rings. The molecule has 0 N–H and O–H groups in total. The Kier molecular flexibility index (Phi) is 5.60. The number of fused-ring (bicyclic) bond motifs is 1. The van der Waals surface area contributed by atoms with Crippen molar-refractivity contribution in [1.29, 1.82) is 0 Å². The molecule has 2 heterocycles. The van der Waals surface area contributed by atoms with Crippen LogP contribution in [0.4, 0.5) is 5.13 Å². The van der Waals surface area contributed by atoms with E-state index in [2.05, 4.69) is 24.9 Å².